The van der Waals surface area contributed by atoms with Crippen LogP contribution in [0.3, 0.4) is 0 Å². The van der Waals surface area contributed by atoms with E-state index >= 15 is 0 Å². The minimum atomic E-state index is 0.139. The van der Waals surface area contributed by atoms with Gasteiger partial charge in [0.2, 0.25) is 5.91 Å². The number of hydrogen-bond donors (Lipinski definition) is 0. The van der Waals surface area contributed by atoms with Gasteiger partial charge >= 0.3 is 0 Å². The molecule has 0 aromatic carbocycles. The molecule has 0 atom stereocenters. The molecule has 2 saturated heterocycles. The van der Waals surface area contributed by atoms with Crippen LogP contribution >= 0.6 is 0 Å². The van der Waals surface area contributed by atoms with E-state index in [-0.39, 0.29) is 5.92 Å². The van der Waals surface area contributed by atoms with Crippen molar-refractivity contribution in [3.63, 3.8) is 0 Å². The van der Waals surface area contributed by atoms with Crippen LogP contribution in [0.25, 0.3) is 0 Å². The van der Waals surface area contributed by atoms with Crippen molar-refractivity contribution in [1.29, 1.82) is 0 Å². The second kappa shape index (κ2) is 4.12. The number of rotatable bonds is 1. The molecule has 0 unspecified atom stereocenters. The van der Waals surface area contributed by atoms with Crippen molar-refractivity contribution in [1.82, 2.24) is 4.90 Å². The van der Waals surface area contributed by atoms with Gasteiger partial charge in [-0.05, 0) is 24.7 Å². The summed E-state index contributed by atoms with van der Waals surface area (Å²) in [5.74, 6) is 0.457. The molecule has 2 aliphatic rings. The van der Waals surface area contributed by atoms with Crippen LogP contribution in [0.4, 0.5) is 0 Å². The second-order valence-corrected chi connectivity index (χ2v) is 5.28. The molecule has 1 spiro atoms. The van der Waals surface area contributed by atoms with Crippen LogP contribution in [-0.4, -0.2) is 37.1 Å². The Labute approximate surface area is 91.8 Å². The Morgan fingerprint density at radius 1 is 1.27 bits per heavy atom. The van der Waals surface area contributed by atoms with Gasteiger partial charge in [-0.2, -0.15) is 0 Å². The fourth-order valence-corrected chi connectivity index (χ4v) is 2.70. The van der Waals surface area contributed by atoms with Gasteiger partial charge in [0.1, 0.15) is 0 Å². The third-order valence-corrected chi connectivity index (χ3v) is 3.80. The highest BCUT2D eigenvalue weighted by atomic mass is 16.5. The summed E-state index contributed by atoms with van der Waals surface area (Å²) in [5, 5.41) is 0. The highest BCUT2D eigenvalue weighted by Gasteiger charge is 2.41. The van der Waals surface area contributed by atoms with Crippen molar-refractivity contribution in [2.24, 2.45) is 11.3 Å². The molecule has 0 N–H and O–H groups in total. The summed E-state index contributed by atoms with van der Waals surface area (Å²) in [6.07, 6.45) is 3.44. The van der Waals surface area contributed by atoms with E-state index in [1.165, 1.54) is 6.42 Å². The molecule has 3 heteroatoms. The Balaban J connectivity index is 1.96. The fraction of sp³-hybridized carbons (Fsp3) is 0.917. The Morgan fingerprint density at radius 3 is 2.53 bits per heavy atom. The molecule has 2 rings (SSSR count). The lowest BCUT2D eigenvalue weighted by Gasteiger charge is -2.33. The van der Waals surface area contributed by atoms with Gasteiger partial charge in [-0.1, -0.05) is 13.8 Å². The largest absolute Gasteiger partial charge is 0.381 e. The van der Waals surface area contributed by atoms with Gasteiger partial charge in [-0.3, -0.25) is 4.79 Å². The number of amides is 1. The summed E-state index contributed by atoms with van der Waals surface area (Å²) in [6, 6.07) is 0. The molecule has 1 amide bonds. The average molecular weight is 211 g/mol. The molecule has 3 nitrogen and oxygen atoms in total. The lowest BCUT2D eigenvalue weighted by molar-refractivity contribution is -0.134. The van der Waals surface area contributed by atoms with Gasteiger partial charge < -0.3 is 9.64 Å². The smallest absolute Gasteiger partial charge is 0.225 e. The van der Waals surface area contributed by atoms with Crippen LogP contribution < -0.4 is 0 Å². The predicted octanol–water partition coefficient (Wildman–Crippen LogP) is 1.67. The zero-order chi connectivity index (χ0) is 10.9. The molecule has 15 heavy (non-hydrogen) atoms. The fourth-order valence-electron chi connectivity index (χ4n) is 2.70. The summed E-state index contributed by atoms with van der Waals surface area (Å²) < 4.78 is 5.40. The number of carbonyl (C=O) groups is 1. The second-order valence-electron chi connectivity index (χ2n) is 5.28. The molecule has 0 aromatic heterocycles. The molecule has 2 fully saturated rings. The van der Waals surface area contributed by atoms with E-state index in [2.05, 4.69) is 4.90 Å². The van der Waals surface area contributed by atoms with Crippen LogP contribution in [0.5, 0.6) is 0 Å². The number of ether oxygens (including phenoxy) is 1. The van der Waals surface area contributed by atoms with Crippen LogP contribution in [0.2, 0.25) is 0 Å². The maximum atomic E-state index is 11.9. The van der Waals surface area contributed by atoms with E-state index in [9.17, 15) is 4.79 Å². The first-order valence-electron chi connectivity index (χ1n) is 6.00. The van der Waals surface area contributed by atoms with Crippen molar-refractivity contribution in [3.05, 3.63) is 0 Å². The van der Waals surface area contributed by atoms with Gasteiger partial charge in [0.15, 0.2) is 0 Å². The Morgan fingerprint density at radius 2 is 1.93 bits per heavy atom. The lowest BCUT2D eigenvalue weighted by Crippen LogP contribution is -2.37. The molecule has 0 saturated carbocycles. The molecular formula is C12H21NO2. The number of likely N-dealkylation sites (tertiary alicyclic amines) is 1. The molecule has 2 aliphatic heterocycles. The highest BCUT2D eigenvalue weighted by Crippen LogP contribution is 2.39. The minimum absolute atomic E-state index is 0.139. The first kappa shape index (κ1) is 10.9. The van der Waals surface area contributed by atoms with Crippen LogP contribution in [0, 0.1) is 11.3 Å². The number of nitrogens with zero attached hydrogens (tertiary/aromatic N) is 1. The summed E-state index contributed by atoms with van der Waals surface area (Å²) >= 11 is 0. The Bertz CT molecular complexity index is 244. The standard InChI is InChI=1S/C12H21NO2/c1-10(2)11(14)13-6-3-12(9-13)4-7-15-8-5-12/h10H,3-9H2,1-2H3. The Hall–Kier alpha value is -0.570. The molecule has 86 valence electrons. The van der Waals surface area contributed by atoms with E-state index in [1.54, 1.807) is 0 Å². The third kappa shape index (κ3) is 2.17. The third-order valence-electron chi connectivity index (χ3n) is 3.80. The Kier molecular flexibility index (Phi) is 3.01. The van der Waals surface area contributed by atoms with Crippen molar-refractivity contribution in [3.8, 4) is 0 Å². The zero-order valence-electron chi connectivity index (χ0n) is 9.79. The van der Waals surface area contributed by atoms with Crippen molar-refractivity contribution in [2.75, 3.05) is 26.3 Å². The van der Waals surface area contributed by atoms with E-state index < -0.39 is 0 Å². The van der Waals surface area contributed by atoms with E-state index in [4.69, 9.17) is 4.74 Å². The van der Waals surface area contributed by atoms with Crippen molar-refractivity contribution < 1.29 is 9.53 Å². The van der Waals surface area contributed by atoms with Gasteiger partial charge in [-0.15, -0.1) is 0 Å². The minimum Gasteiger partial charge on any atom is -0.381 e. The first-order chi connectivity index (χ1) is 7.13. The van der Waals surface area contributed by atoms with Crippen LogP contribution in [0.15, 0.2) is 0 Å². The van der Waals surface area contributed by atoms with E-state index in [0.29, 0.717) is 11.3 Å². The topological polar surface area (TPSA) is 29.5 Å². The van der Waals surface area contributed by atoms with Gasteiger partial charge in [0.05, 0.1) is 0 Å². The van der Waals surface area contributed by atoms with Crippen molar-refractivity contribution >= 4 is 5.91 Å². The van der Waals surface area contributed by atoms with E-state index in [0.717, 1.165) is 39.1 Å². The van der Waals surface area contributed by atoms with Crippen LogP contribution in [-0.2, 0) is 9.53 Å². The van der Waals surface area contributed by atoms with Gasteiger partial charge in [0.25, 0.3) is 0 Å². The van der Waals surface area contributed by atoms with Crippen molar-refractivity contribution in [2.45, 2.75) is 33.1 Å². The first-order valence-corrected chi connectivity index (χ1v) is 6.00. The van der Waals surface area contributed by atoms with E-state index in [1.807, 2.05) is 13.8 Å². The van der Waals surface area contributed by atoms with Crippen LogP contribution in [0.1, 0.15) is 33.1 Å². The summed E-state index contributed by atoms with van der Waals surface area (Å²) in [4.78, 5) is 13.9. The summed E-state index contributed by atoms with van der Waals surface area (Å²) in [5.41, 5.74) is 0.392. The van der Waals surface area contributed by atoms with Gasteiger partial charge in [0, 0.05) is 32.2 Å². The predicted molar refractivity (Wildman–Crippen MR) is 58.5 cm³/mol. The average Bonchev–Trinajstić information content (AvgIpc) is 2.62. The summed E-state index contributed by atoms with van der Waals surface area (Å²) in [6.45, 7) is 7.65. The molecule has 0 aromatic rings. The number of hydrogen-bond acceptors (Lipinski definition) is 2. The quantitative estimate of drug-likeness (QED) is 0.660. The van der Waals surface area contributed by atoms with Gasteiger partial charge in [-0.25, -0.2) is 0 Å². The maximum Gasteiger partial charge on any atom is 0.225 e. The molecule has 0 aliphatic carbocycles. The molecule has 0 radical (unpaired) electrons. The molecular weight excluding hydrogens is 190 g/mol. The summed E-state index contributed by atoms with van der Waals surface area (Å²) in [7, 11) is 0. The highest BCUT2D eigenvalue weighted by molar-refractivity contribution is 5.78. The monoisotopic (exact) mass is 211 g/mol. The zero-order valence-corrected chi connectivity index (χ0v) is 9.79. The SMILES string of the molecule is CC(C)C(=O)N1CCC2(CCOCC2)C1. The normalized spacial score (nSPS) is 25.1. The lowest BCUT2D eigenvalue weighted by atomic mass is 9.80. The molecule has 2 heterocycles. The number of carbonyl (C=O) groups excluding carboxylic acids is 1. The molecule has 0 bridgehead atoms. The maximum absolute atomic E-state index is 11.9.